The monoisotopic (exact) mass is 324 g/mol. The van der Waals surface area contributed by atoms with Gasteiger partial charge in [-0.25, -0.2) is 4.98 Å². The van der Waals surface area contributed by atoms with Crippen LogP contribution < -0.4 is 5.56 Å². The maximum Gasteiger partial charge on any atom is 0.261 e. The summed E-state index contributed by atoms with van der Waals surface area (Å²) in [5, 5.41) is 8.53. The molecule has 1 aromatic carbocycles. The van der Waals surface area contributed by atoms with Crippen molar-refractivity contribution in [1.29, 1.82) is 0 Å². The van der Waals surface area contributed by atoms with Crippen LogP contribution in [-0.4, -0.2) is 42.5 Å². The van der Waals surface area contributed by atoms with Crippen LogP contribution in [0.4, 0.5) is 0 Å². The Morgan fingerprint density at radius 2 is 2.12 bits per heavy atom. The van der Waals surface area contributed by atoms with Gasteiger partial charge < -0.3 is 0 Å². The zero-order valence-corrected chi connectivity index (χ0v) is 13.7. The lowest BCUT2D eigenvalue weighted by Crippen LogP contribution is -2.32. The van der Waals surface area contributed by atoms with Crippen LogP contribution in [0.2, 0.25) is 0 Å². The third-order valence-electron chi connectivity index (χ3n) is 4.77. The molecule has 3 heterocycles. The third kappa shape index (κ3) is 2.60. The van der Waals surface area contributed by atoms with Crippen LogP contribution in [0.25, 0.3) is 10.9 Å². The topological polar surface area (TPSA) is 68.8 Å². The van der Waals surface area contributed by atoms with E-state index in [0.717, 1.165) is 43.8 Å². The van der Waals surface area contributed by atoms with Gasteiger partial charge in [-0.3, -0.25) is 18.9 Å². The van der Waals surface area contributed by atoms with Crippen LogP contribution in [0.1, 0.15) is 24.7 Å². The SMILES string of the molecule is Cn1c(C2CCCN2CCn2ccnn2)nc2ccccc2c1=O. The molecule has 7 nitrogen and oxygen atoms in total. The second kappa shape index (κ2) is 6.16. The van der Waals surface area contributed by atoms with Gasteiger partial charge in [-0.15, -0.1) is 5.10 Å². The number of likely N-dealkylation sites (tertiary alicyclic amines) is 1. The summed E-state index contributed by atoms with van der Waals surface area (Å²) in [6.07, 6.45) is 5.70. The van der Waals surface area contributed by atoms with Gasteiger partial charge in [0.05, 0.1) is 29.7 Å². The molecule has 1 fully saturated rings. The molecule has 4 rings (SSSR count). The van der Waals surface area contributed by atoms with Gasteiger partial charge >= 0.3 is 0 Å². The predicted molar refractivity (Wildman–Crippen MR) is 90.6 cm³/mol. The first-order valence-electron chi connectivity index (χ1n) is 8.28. The van der Waals surface area contributed by atoms with Crippen molar-refractivity contribution < 1.29 is 0 Å². The van der Waals surface area contributed by atoms with Crippen molar-refractivity contribution in [1.82, 2.24) is 29.4 Å². The highest BCUT2D eigenvalue weighted by atomic mass is 16.1. The number of fused-ring (bicyclic) bond motifs is 1. The van der Waals surface area contributed by atoms with Crippen molar-refractivity contribution in [2.24, 2.45) is 7.05 Å². The number of nitrogens with zero attached hydrogens (tertiary/aromatic N) is 6. The fourth-order valence-electron chi connectivity index (χ4n) is 3.50. The van der Waals surface area contributed by atoms with Crippen molar-refractivity contribution in [3.63, 3.8) is 0 Å². The van der Waals surface area contributed by atoms with Crippen LogP contribution in [0.3, 0.4) is 0 Å². The predicted octanol–water partition coefficient (Wildman–Crippen LogP) is 1.36. The molecular weight excluding hydrogens is 304 g/mol. The van der Waals surface area contributed by atoms with Crippen LogP contribution in [0.5, 0.6) is 0 Å². The summed E-state index contributed by atoms with van der Waals surface area (Å²) in [6.45, 7) is 2.68. The normalized spacial score (nSPS) is 18.5. The molecule has 0 aliphatic carbocycles. The van der Waals surface area contributed by atoms with E-state index in [1.165, 1.54) is 0 Å². The van der Waals surface area contributed by atoms with Gasteiger partial charge in [-0.2, -0.15) is 0 Å². The number of aromatic nitrogens is 5. The number of hydrogen-bond acceptors (Lipinski definition) is 5. The lowest BCUT2D eigenvalue weighted by molar-refractivity contribution is 0.230. The summed E-state index contributed by atoms with van der Waals surface area (Å²) < 4.78 is 3.54. The third-order valence-corrected chi connectivity index (χ3v) is 4.77. The summed E-state index contributed by atoms with van der Waals surface area (Å²) in [6, 6.07) is 7.73. The molecule has 2 aromatic heterocycles. The van der Waals surface area contributed by atoms with E-state index >= 15 is 0 Å². The molecule has 3 aromatic rings. The standard InChI is InChI=1S/C17H20N6O/c1-21-16(19-14-6-3-2-5-13(14)17(21)24)15-7-4-9-22(15)11-12-23-10-8-18-20-23/h2-3,5-6,8,10,15H,4,7,9,11-12H2,1H3. The fraction of sp³-hybridized carbons (Fsp3) is 0.412. The summed E-state index contributed by atoms with van der Waals surface area (Å²) in [5.41, 5.74) is 0.803. The Bertz CT molecular complexity index is 901. The number of para-hydroxylation sites is 1. The van der Waals surface area contributed by atoms with E-state index in [1.54, 1.807) is 10.8 Å². The number of benzene rings is 1. The first kappa shape index (κ1) is 15.0. The van der Waals surface area contributed by atoms with E-state index in [0.29, 0.717) is 5.39 Å². The second-order valence-electron chi connectivity index (χ2n) is 6.21. The Labute approximate surface area is 139 Å². The van der Waals surface area contributed by atoms with Crippen LogP contribution >= 0.6 is 0 Å². The van der Waals surface area contributed by atoms with Crippen molar-refractivity contribution in [2.75, 3.05) is 13.1 Å². The lowest BCUT2D eigenvalue weighted by Gasteiger charge is -2.25. The maximum atomic E-state index is 12.6. The van der Waals surface area contributed by atoms with Crippen molar-refractivity contribution in [2.45, 2.75) is 25.4 Å². The average molecular weight is 324 g/mol. The first-order valence-corrected chi connectivity index (χ1v) is 8.28. The molecule has 1 aliphatic heterocycles. The lowest BCUT2D eigenvalue weighted by atomic mass is 10.1. The molecule has 0 saturated carbocycles. The fourth-order valence-corrected chi connectivity index (χ4v) is 3.50. The van der Waals surface area contributed by atoms with E-state index in [9.17, 15) is 4.79 Å². The molecule has 0 N–H and O–H groups in total. The Balaban J connectivity index is 1.65. The van der Waals surface area contributed by atoms with Gasteiger partial charge in [0.2, 0.25) is 0 Å². The maximum absolute atomic E-state index is 12.6. The van der Waals surface area contributed by atoms with E-state index in [-0.39, 0.29) is 11.6 Å². The van der Waals surface area contributed by atoms with Crippen LogP contribution in [-0.2, 0) is 13.6 Å². The smallest absolute Gasteiger partial charge is 0.261 e. The van der Waals surface area contributed by atoms with E-state index < -0.39 is 0 Å². The van der Waals surface area contributed by atoms with Gasteiger partial charge in [-0.05, 0) is 31.5 Å². The molecular formula is C17H20N6O. The molecule has 1 saturated heterocycles. The highest BCUT2D eigenvalue weighted by molar-refractivity contribution is 5.77. The molecule has 0 bridgehead atoms. The van der Waals surface area contributed by atoms with Gasteiger partial charge in [0.15, 0.2) is 0 Å². The molecule has 124 valence electrons. The molecule has 1 aliphatic rings. The van der Waals surface area contributed by atoms with E-state index in [4.69, 9.17) is 4.98 Å². The minimum atomic E-state index is 0.0266. The minimum Gasteiger partial charge on any atom is -0.298 e. The summed E-state index contributed by atoms with van der Waals surface area (Å²) in [4.78, 5) is 19.8. The highest BCUT2D eigenvalue weighted by Gasteiger charge is 2.29. The zero-order valence-electron chi connectivity index (χ0n) is 13.7. The average Bonchev–Trinajstić information content (AvgIpc) is 3.27. The zero-order chi connectivity index (χ0) is 16.5. The first-order chi connectivity index (χ1) is 11.7. The second-order valence-corrected chi connectivity index (χ2v) is 6.21. The molecule has 7 heteroatoms. The van der Waals surface area contributed by atoms with Gasteiger partial charge in [-0.1, -0.05) is 17.3 Å². The molecule has 24 heavy (non-hydrogen) atoms. The molecule has 1 unspecified atom stereocenters. The summed E-state index contributed by atoms with van der Waals surface area (Å²) >= 11 is 0. The van der Waals surface area contributed by atoms with Crippen molar-refractivity contribution >= 4 is 10.9 Å². The van der Waals surface area contributed by atoms with Gasteiger partial charge in [0.25, 0.3) is 5.56 Å². The summed E-state index contributed by atoms with van der Waals surface area (Å²) in [7, 11) is 1.82. The van der Waals surface area contributed by atoms with Crippen molar-refractivity contribution in [3.8, 4) is 0 Å². The van der Waals surface area contributed by atoms with Crippen molar-refractivity contribution in [3.05, 3.63) is 52.8 Å². The molecule has 1 atom stereocenters. The Hall–Kier alpha value is -2.54. The van der Waals surface area contributed by atoms with Crippen LogP contribution in [0.15, 0.2) is 41.5 Å². The largest absolute Gasteiger partial charge is 0.298 e. The van der Waals surface area contributed by atoms with E-state index in [2.05, 4.69) is 15.2 Å². The quantitative estimate of drug-likeness (QED) is 0.725. The number of hydrogen-bond donors (Lipinski definition) is 0. The van der Waals surface area contributed by atoms with Gasteiger partial charge in [0, 0.05) is 19.8 Å². The summed E-state index contributed by atoms with van der Waals surface area (Å²) in [5.74, 6) is 0.856. The molecule has 0 amide bonds. The minimum absolute atomic E-state index is 0.0266. The Morgan fingerprint density at radius 3 is 2.96 bits per heavy atom. The molecule has 0 radical (unpaired) electrons. The van der Waals surface area contributed by atoms with Crippen LogP contribution in [0, 0.1) is 0 Å². The Kier molecular flexibility index (Phi) is 3.86. The highest BCUT2D eigenvalue weighted by Crippen LogP contribution is 2.30. The van der Waals surface area contributed by atoms with Gasteiger partial charge in [0.1, 0.15) is 5.82 Å². The Morgan fingerprint density at radius 1 is 1.25 bits per heavy atom. The van der Waals surface area contributed by atoms with E-state index in [1.807, 2.05) is 42.2 Å². The number of rotatable bonds is 4. The molecule has 0 spiro atoms.